The summed E-state index contributed by atoms with van der Waals surface area (Å²) in [5.74, 6) is -0.682. The Bertz CT molecular complexity index is 752. The zero-order valence-corrected chi connectivity index (χ0v) is 16.7. The van der Waals surface area contributed by atoms with Crippen LogP contribution in [0.4, 0.5) is 0 Å². The van der Waals surface area contributed by atoms with E-state index < -0.39 is 29.0 Å². The van der Waals surface area contributed by atoms with Crippen molar-refractivity contribution in [1.82, 2.24) is 0 Å². The Morgan fingerprint density at radius 2 is 1.85 bits per heavy atom. The zero-order chi connectivity index (χ0) is 19.9. The fourth-order valence-corrected chi connectivity index (χ4v) is 7.46. The third-order valence-electron chi connectivity index (χ3n) is 8.71. The van der Waals surface area contributed by atoms with Gasteiger partial charge in [0.25, 0.3) is 0 Å². The van der Waals surface area contributed by atoms with Crippen molar-refractivity contribution in [2.24, 2.45) is 34.0 Å². The van der Waals surface area contributed by atoms with E-state index in [1.807, 2.05) is 13.8 Å². The molecule has 148 valence electrons. The molecule has 1 spiro atoms. The lowest BCUT2D eigenvalue weighted by molar-refractivity contribution is -0.230. The topological polar surface area (TPSA) is 80.7 Å². The number of ketones is 2. The van der Waals surface area contributed by atoms with Crippen molar-refractivity contribution in [3.8, 4) is 0 Å². The molecule has 5 heteroatoms. The first-order chi connectivity index (χ1) is 12.5. The molecule has 0 radical (unpaired) electrons. The Morgan fingerprint density at radius 3 is 2.48 bits per heavy atom. The number of ether oxygens (including phenoxy) is 1. The molecule has 5 nitrogen and oxygen atoms in total. The highest BCUT2D eigenvalue weighted by molar-refractivity contribution is 6.04. The quantitative estimate of drug-likeness (QED) is 0.564. The second kappa shape index (κ2) is 5.53. The summed E-state index contributed by atoms with van der Waals surface area (Å²) in [5.41, 5.74) is -1.41. The first kappa shape index (κ1) is 18.9. The van der Waals surface area contributed by atoms with E-state index in [1.165, 1.54) is 6.92 Å². The number of carbonyl (C=O) groups is 3. The standard InChI is InChI=1S/C22H30O5/c1-11-13-6-7-14-21(5)9-8-16(24)20(3,4)15(21)10-17(27-12(2)23)22(14,18(11)25)19(13)26/h13-15,17,19,26H,1,6-10H2,2-5H3. The maximum Gasteiger partial charge on any atom is 0.302 e. The lowest BCUT2D eigenvalue weighted by Gasteiger charge is -2.64. The van der Waals surface area contributed by atoms with Gasteiger partial charge in [0.2, 0.25) is 0 Å². The third-order valence-corrected chi connectivity index (χ3v) is 8.71. The van der Waals surface area contributed by atoms with E-state index in [0.29, 0.717) is 18.4 Å². The normalized spacial score (nSPS) is 48.0. The molecule has 7 unspecified atom stereocenters. The van der Waals surface area contributed by atoms with Gasteiger partial charge in [-0.2, -0.15) is 0 Å². The van der Waals surface area contributed by atoms with Crippen molar-refractivity contribution in [3.05, 3.63) is 12.2 Å². The first-order valence-corrected chi connectivity index (χ1v) is 10.1. The van der Waals surface area contributed by atoms with E-state index >= 15 is 0 Å². The fraction of sp³-hybridized carbons (Fsp3) is 0.773. The third kappa shape index (κ3) is 2.07. The van der Waals surface area contributed by atoms with Gasteiger partial charge in [-0.05, 0) is 48.5 Å². The average Bonchev–Trinajstić information content (AvgIpc) is 2.69. The van der Waals surface area contributed by atoms with Crippen LogP contribution in [0.15, 0.2) is 12.2 Å². The molecule has 4 aliphatic rings. The Balaban J connectivity index is 1.91. The molecule has 0 amide bonds. The molecule has 4 fully saturated rings. The number of fused-ring (bicyclic) bond motifs is 3. The maximum atomic E-state index is 13.5. The van der Waals surface area contributed by atoms with Crippen LogP contribution in [0.25, 0.3) is 0 Å². The van der Waals surface area contributed by atoms with Gasteiger partial charge in [0.1, 0.15) is 11.9 Å². The number of Topliss-reactive ketones (excluding diaryl/α,β-unsaturated/α-hetero) is 2. The molecule has 2 bridgehead atoms. The van der Waals surface area contributed by atoms with E-state index in [0.717, 1.165) is 19.3 Å². The second-order valence-corrected chi connectivity index (χ2v) is 10.0. The zero-order valence-electron chi connectivity index (χ0n) is 16.7. The largest absolute Gasteiger partial charge is 0.461 e. The van der Waals surface area contributed by atoms with Crippen LogP contribution in [0.1, 0.15) is 59.8 Å². The summed E-state index contributed by atoms with van der Waals surface area (Å²) in [6.45, 7) is 11.5. The lowest BCUT2D eigenvalue weighted by Crippen LogP contribution is -2.68. The van der Waals surface area contributed by atoms with Crippen LogP contribution in [0.2, 0.25) is 0 Å². The van der Waals surface area contributed by atoms with Crippen molar-refractivity contribution < 1.29 is 24.2 Å². The van der Waals surface area contributed by atoms with Gasteiger partial charge in [-0.1, -0.05) is 27.4 Å². The number of carbonyl (C=O) groups excluding carboxylic acids is 3. The van der Waals surface area contributed by atoms with Gasteiger partial charge in [0.05, 0.1) is 11.5 Å². The Hall–Kier alpha value is -1.49. The second-order valence-electron chi connectivity index (χ2n) is 10.0. The highest BCUT2D eigenvalue weighted by Gasteiger charge is 2.75. The van der Waals surface area contributed by atoms with Crippen LogP contribution in [0.5, 0.6) is 0 Å². The van der Waals surface area contributed by atoms with Gasteiger partial charge in [0.15, 0.2) is 5.78 Å². The van der Waals surface area contributed by atoms with Gasteiger partial charge < -0.3 is 9.84 Å². The SMILES string of the molecule is C=C1C(=O)C23C(OC(C)=O)CC4C(C)(C)C(=O)CCC4(C)C2CCC1C3O. The first-order valence-electron chi connectivity index (χ1n) is 10.1. The number of aliphatic hydroxyl groups is 1. The van der Waals surface area contributed by atoms with E-state index in [1.54, 1.807) is 0 Å². The van der Waals surface area contributed by atoms with Crippen LogP contribution >= 0.6 is 0 Å². The van der Waals surface area contributed by atoms with Gasteiger partial charge in [-0.3, -0.25) is 14.4 Å². The molecule has 7 atom stereocenters. The van der Waals surface area contributed by atoms with E-state index in [9.17, 15) is 19.5 Å². The summed E-state index contributed by atoms with van der Waals surface area (Å²) in [6, 6.07) is 0. The molecule has 0 aliphatic heterocycles. The fourth-order valence-electron chi connectivity index (χ4n) is 7.46. The van der Waals surface area contributed by atoms with Crippen molar-refractivity contribution in [1.29, 1.82) is 0 Å². The van der Waals surface area contributed by atoms with Crippen LogP contribution in [-0.4, -0.2) is 34.9 Å². The predicted octanol–water partition coefficient (Wildman–Crippen LogP) is 2.85. The van der Waals surface area contributed by atoms with Gasteiger partial charge in [-0.25, -0.2) is 0 Å². The summed E-state index contributed by atoms with van der Waals surface area (Å²) >= 11 is 0. The minimum Gasteiger partial charge on any atom is -0.461 e. The van der Waals surface area contributed by atoms with Gasteiger partial charge in [-0.15, -0.1) is 0 Å². The predicted molar refractivity (Wildman–Crippen MR) is 98.6 cm³/mol. The van der Waals surface area contributed by atoms with Crippen LogP contribution in [-0.2, 0) is 19.1 Å². The average molecular weight is 374 g/mol. The molecule has 4 saturated carbocycles. The number of aliphatic hydroxyl groups excluding tert-OH is 1. The molecular formula is C22H30O5. The minimum absolute atomic E-state index is 0.0108. The van der Waals surface area contributed by atoms with E-state index in [4.69, 9.17) is 4.74 Å². The number of hydrogen-bond donors (Lipinski definition) is 1. The molecule has 0 heterocycles. The number of rotatable bonds is 1. The Labute approximate surface area is 160 Å². The van der Waals surface area contributed by atoms with Crippen molar-refractivity contribution in [2.75, 3.05) is 0 Å². The molecule has 27 heavy (non-hydrogen) atoms. The number of hydrogen-bond acceptors (Lipinski definition) is 5. The summed E-state index contributed by atoms with van der Waals surface area (Å²) in [6.07, 6.45) is 1.61. The molecule has 4 rings (SSSR count). The van der Waals surface area contributed by atoms with Gasteiger partial charge in [0, 0.05) is 24.7 Å². The van der Waals surface area contributed by atoms with Crippen molar-refractivity contribution >= 4 is 17.5 Å². The van der Waals surface area contributed by atoms with Crippen LogP contribution < -0.4 is 0 Å². The summed E-state index contributed by atoms with van der Waals surface area (Å²) in [5, 5.41) is 11.3. The van der Waals surface area contributed by atoms with E-state index in [2.05, 4.69) is 13.5 Å². The molecular weight excluding hydrogens is 344 g/mol. The summed E-state index contributed by atoms with van der Waals surface area (Å²) < 4.78 is 5.72. The maximum absolute atomic E-state index is 13.5. The highest BCUT2D eigenvalue weighted by atomic mass is 16.5. The molecule has 0 aromatic carbocycles. The number of esters is 1. The molecule has 1 N–H and O–H groups in total. The molecule has 0 aromatic heterocycles. The summed E-state index contributed by atoms with van der Waals surface area (Å²) in [4.78, 5) is 38.1. The summed E-state index contributed by atoms with van der Waals surface area (Å²) in [7, 11) is 0. The Morgan fingerprint density at radius 1 is 1.19 bits per heavy atom. The van der Waals surface area contributed by atoms with Crippen LogP contribution in [0.3, 0.4) is 0 Å². The monoisotopic (exact) mass is 374 g/mol. The molecule has 4 aliphatic carbocycles. The Kier molecular flexibility index (Phi) is 3.86. The lowest BCUT2D eigenvalue weighted by atomic mass is 9.39. The van der Waals surface area contributed by atoms with Crippen molar-refractivity contribution in [2.45, 2.75) is 72.0 Å². The van der Waals surface area contributed by atoms with Crippen LogP contribution in [0, 0.1) is 34.0 Å². The highest BCUT2D eigenvalue weighted by Crippen LogP contribution is 2.71. The smallest absolute Gasteiger partial charge is 0.302 e. The molecule has 0 saturated heterocycles. The van der Waals surface area contributed by atoms with Crippen molar-refractivity contribution in [3.63, 3.8) is 0 Å². The van der Waals surface area contributed by atoms with Gasteiger partial charge >= 0.3 is 5.97 Å². The minimum atomic E-state index is -1.10. The molecule has 0 aromatic rings. The van der Waals surface area contributed by atoms with E-state index in [-0.39, 0.29) is 34.7 Å².